The van der Waals surface area contributed by atoms with Crippen molar-refractivity contribution in [1.29, 1.82) is 0 Å². The van der Waals surface area contributed by atoms with Gasteiger partial charge in [-0.2, -0.15) is 0 Å². The highest BCUT2D eigenvalue weighted by Crippen LogP contribution is 2.38. The fraction of sp³-hybridized carbons (Fsp3) is 0.125. The maximum absolute atomic E-state index is 11.6. The van der Waals surface area contributed by atoms with Gasteiger partial charge in [-0.25, -0.2) is 0 Å². The summed E-state index contributed by atoms with van der Waals surface area (Å²) in [5.41, 5.74) is 3.23. The number of anilines is 2. The van der Waals surface area contributed by atoms with Crippen LogP contribution in [-0.4, -0.2) is 21.0 Å². The van der Waals surface area contributed by atoms with Crippen LogP contribution in [0.2, 0.25) is 10.0 Å². The lowest BCUT2D eigenvalue weighted by molar-refractivity contribution is 0.599. The maximum Gasteiger partial charge on any atom is 0.321 e. The molecule has 1 aromatic heterocycles. The maximum atomic E-state index is 11.6. The highest BCUT2D eigenvalue weighted by Gasteiger charge is 2.17. The van der Waals surface area contributed by atoms with Gasteiger partial charge in [0.05, 0.1) is 15.7 Å². The summed E-state index contributed by atoms with van der Waals surface area (Å²) >= 11 is 12.8. The Morgan fingerprint density at radius 2 is 1.88 bits per heavy atom. The minimum Gasteiger partial charge on any atom is -0.610 e. The minimum absolute atomic E-state index is 0.492. The Morgan fingerprint density at radius 1 is 1.12 bits per heavy atom. The van der Waals surface area contributed by atoms with Gasteiger partial charge in [0.2, 0.25) is 0 Å². The Kier molecular flexibility index (Phi) is 5.32. The molecule has 8 heteroatoms. The van der Waals surface area contributed by atoms with Crippen molar-refractivity contribution in [2.75, 3.05) is 11.6 Å². The van der Waals surface area contributed by atoms with Gasteiger partial charge in [-0.1, -0.05) is 46.5 Å². The van der Waals surface area contributed by atoms with Crippen molar-refractivity contribution >= 4 is 57.1 Å². The molecule has 0 bridgehead atoms. The summed E-state index contributed by atoms with van der Waals surface area (Å²) in [4.78, 5) is 0. The first-order valence-corrected chi connectivity index (χ1v) is 10.1. The molecule has 0 fully saturated rings. The first-order chi connectivity index (χ1) is 11.5. The Balaban J connectivity index is 2.03. The van der Waals surface area contributed by atoms with Crippen molar-refractivity contribution in [3.05, 3.63) is 52.0 Å². The van der Waals surface area contributed by atoms with E-state index in [1.54, 1.807) is 12.3 Å². The van der Waals surface area contributed by atoms with Crippen LogP contribution in [0.3, 0.4) is 0 Å². The summed E-state index contributed by atoms with van der Waals surface area (Å²) in [6, 6.07) is 11.3. The molecule has 1 heterocycles. The fourth-order valence-electron chi connectivity index (χ4n) is 2.12. The third-order valence-electron chi connectivity index (χ3n) is 3.35. The van der Waals surface area contributed by atoms with E-state index < -0.39 is 11.2 Å². The van der Waals surface area contributed by atoms with E-state index in [4.69, 9.17) is 23.2 Å². The molecule has 1 unspecified atom stereocenters. The minimum atomic E-state index is -1.15. The molecule has 0 radical (unpaired) electrons. The summed E-state index contributed by atoms with van der Waals surface area (Å²) in [5.74, 6) is 0. The van der Waals surface area contributed by atoms with E-state index in [1.165, 1.54) is 11.3 Å². The molecular weight excluding hydrogens is 385 g/mol. The first kappa shape index (κ1) is 17.5. The highest BCUT2D eigenvalue weighted by molar-refractivity contribution is 7.92. The Morgan fingerprint density at radius 3 is 2.58 bits per heavy atom. The van der Waals surface area contributed by atoms with Crippen LogP contribution >= 0.6 is 34.5 Å². The average molecular weight is 398 g/mol. The molecule has 0 amide bonds. The van der Waals surface area contributed by atoms with Gasteiger partial charge in [-0.15, -0.1) is 5.10 Å². The van der Waals surface area contributed by atoms with Crippen LogP contribution in [0.5, 0.6) is 0 Å². The van der Waals surface area contributed by atoms with Gasteiger partial charge < -0.3 is 9.87 Å². The van der Waals surface area contributed by atoms with Crippen LogP contribution in [-0.2, 0) is 11.2 Å². The number of halogens is 2. The van der Waals surface area contributed by atoms with Crippen molar-refractivity contribution in [3.63, 3.8) is 0 Å². The van der Waals surface area contributed by atoms with Crippen molar-refractivity contribution in [2.45, 2.75) is 11.3 Å². The second-order valence-corrected chi connectivity index (χ2v) is 8.37. The molecule has 124 valence electrons. The Hall–Kier alpha value is -1.31. The van der Waals surface area contributed by atoms with Crippen molar-refractivity contribution in [2.24, 2.45) is 0 Å². The molecule has 0 aliphatic carbocycles. The van der Waals surface area contributed by atoms with Gasteiger partial charge in [0.15, 0.2) is 5.01 Å². The van der Waals surface area contributed by atoms with E-state index in [-0.39, 0.29) is 0 Å². The number of nitrogens with zero attached hydrogens (tertiary/aromatic N) is 2. The summed E-state index contributed by atoms with van der Waals surface area (Å²) in [5, 5.41) is 13.2. The smallest absolute Gasteiger partial charge is 0.321 e. The second kappa shape index (κ2) is 7.29. The summed E-state index contributed by atoms with van der Waals surface area (Å²) in [7, 11) is 0. The third kappa shape index (κ3) is 3.53. The SMILES string of the molecule is Cc1ccc(Cl)c(Nc2ccccc2-c2nnc([S+](C)[O-])s2)c1Cl. The van der Waals surface area contributed by atoms with Gasteiger partial charge in [0.1, 0.15) is 6.26 Å². The van der Waals surface area contributed by atoms with Crippen molar-refractivity contribution < 1.29 is 4.55 Å². The normalized spacial score (nSPS) is 12.2. The quantitative estimate of drug-likeness (QED) is 0.606. The largest absolute Gasteiger partial charge is 0.610 e. The molecule has 4 nitrogen and oxygen atoms in total. The highest BCUT2D eigenvalue weighted by atomic mass is 35.5. The molecule has 0 aliphatic rings. The number of hydrogen-bond donors (Lipinski definition) is 1. The lowest BCUT2D eigenvalue weighted by Gasteiger charge is -2.14. The number of nitrogens with one attached hydrogen (secondary N) is 1. The lowest BCUT2D eigenvalue weighted by atomic mass is 10.1. The van der Waals surface area contributed by atoms with E-state index in [2.05, 4.69) is 15.5 Å². The molecule has 0 saturated heterocycles. The topological polar surface area (TPSA) is 60.9 Å². The zero-order valence-electron chi connectivity index (χ0n) is 12.8. The van der Waals surface area contributed by atoms with E-state index in [1.807, 2.05) is 37.3 Å². The first-order valence-electron chi connectivity index (χ1n) is 6.95. The number of aromatic nitrogens is 2. The Labute approximate surface area is 157 Å². The van der Waals surface area contributed by atoms with Crippen LogP contribution in [0.1, 0.15) is 5.56 Å². The average Bonchev–Trinajstić information content (AvgIpc) is 3.06. The van der Waals surface area contributed by atoms with Crippen LogP contribution in [0, 0.1) is 6.92 Å². The molecule has 3 rings (SSSR count). The molecular formula is C16H13Cl2N3OS2. The molecule has 1 N–H and O–H groups in total. The lowest BCUT2D eigenvalue weighted by Crippen LogP contribution is -1.96. The summed E-state index contributed by atoms with van der Waals surface area (Å²) in [6.45, 7) is 1.92. The van der Waals surface area contributed by atoms with E-state index >= 15 is 0 Å². The number of para-hydroxylation sites is 1. The van der Waals surface area contributed by atoms with E-state index in [9.17, 15) is 4.55 Å². The van der Waals surface area contributed by atoms with Gasteiger partial charge >= 0.3 is 4.34 Å². The molecule has 24 heavy (non-hydrogen) atoms. The second-order valence-electron chi connectivity index (χ2n) is 5.05. The monoisotopic (exact) mass is 397 g/mol. The molecule has 3 aromatic rings. The predicted octanol–water partition coefficient (Wildman–Crippen LogP) is 5.30. The van der Waals surface area contributed by atoms with Crippen LogP contribution in [0.4, 0.5) is 11.4 Å². The molecule has 1 atom stereocenters. The third-order valence-corrected chi connectivity index (χ3v) is 6.43. The number of hydrogen-bond acceptors (Lipinski definition) is 5. The number of benzene rings is 2. The summed E-state index contributed by atoms with van der Waals surface area (Å²) < 4.78 is 12.1. The van der Waals surface area contributed by atoms with E-state index in [0.29, 0.717) is 25.1 Å². The van der Waals surface area contributed by atoms with Gasteiger partial charge in [-0.3, -0.25) is 0 Å². The molecule has 0 spiro atoms. The van der Waals surface area contributed by atoms with Gasteiger partial charge in [-0.05, 0) is 42.0 Å². The molecule has 0 aliphatic heterocycles. The number of rotatable bonds is 4. The van der Waals surface area contributed by atoms with Crippen LogP contribution in [0.25, 0.3) is 10.6 Å². The number of aryl methyl sites for hydroxylation is 1. The van der Waals surface area contributed by atoms with E-state index in [0.717, 1.165) is 16.8 Å². The Bertz CT molecular complexity index is 884. The zero-order chi connectivity index (χ0) is 17.3. The van der Waals surface area contributed by atoms with Gasteiger partial charge in [0.25, 0.3) is 0 Å². The fourth-order valence-corrected chi connectivity index (χ4v) is 4.06. The molecule has 2 aromatic carbocycles. The van der Waals surface area contributed by atoms with Crippen LogP contribution < -0.4 is 5.32 Å². The van der Waals surface area contributed by atoms with Crippen molar-refractivity contribution in [3.8, 4) is 10.6 Å². The van der Waals surface area contributed by atoms with Crippen LogP contribution in [0.15, 0.2) is 40.7 Å². The molecule has 0 saturated carbocycles. The standard InChI is InChI=1S/C16H13Cl2N3OS2/c1-9-7-8-11(17)14(13(9)18)19-12-6-4-3-5-10(12)15-20-21-16(23-15)24(2)22/h3-8,19H,1-2H3. The predicted molar refractivity (Wildman–Crippen MR) is 102 cm³/mol. The summed E-state index contributed by atoms with van der Waals surface area (Å²) in [6.07, 6.45) is 1.58. The van der Waals surface area contributed by atoms with Crippen molar-refractivity contribution in [1.82, 2.24) is 10.2 Å². The van der Waals surface area contributed by atoms with Gasteiger partial charge in [0, 0.05) is 22.4 Å². The zero-order valence-corrected chi connectivity index (χ0v) is 16.0.